The zero-order valence-corrected chi connectivity index (χ0v) is 11.6. The largest absolute Gasteiger partial charge is 0.493 e. The van der Waals surface area contributed by atoms with E-state index in [0.29, 0.717) is 6.61 Å². The molecular weight excluding hydrogens is 238 g/mol. The van der Waals surface area contributed by atoms with Gasteiger partial charge < -0.3 is 10.1 Å². The Morgan fingerprint density at radius 1 is 1.26 bits per heavy atom. The van der Waals surface area contributed by atoms with Crippen LogP contribution in [-0.2, 0) is 6.54 Å². The van der Waals surface area contributed by atoms with Gasteiger partial charge in [-0.2, -0.15) is 5.10 Å². The minimum absolute atomic E-state index is 0.715. The normalized spacial score (nSPS) is 10.4. The number of nitrogens with one attached hydrogen (secondary N) is 1. The van der Waals surface area contributed by atoms with Crippen LogP contribution in [0.25, 0.3) is 0 Å². The van der Waals surface area contributed by atoms with Crippen molar-refractivity contribution >= 4 is 5.82 Å². The summed E-state index contributed by atoms with van der Waals surface area (Å²) >= 11 is 0. The molecule has 1 N–H and O–H groups in total. The van der Waals surface area contributed by atoms with E-state index in [1.165, 1.54) is 5.56 Å². The maximum Gasteiger partial charge on any atom is 0.147 e. The maximum atomic E-state index is 5.74. The number of nitrogens with zero attached hydrogens (tertiary/aromatic N) is 2. The summed E-state index contributed by atoms with van der Waals surface area (Å²) in [5.41, 5.74) is 1.18. The standard InChI is InChI=1S/C15H21N3O/c1-3-18-11-9-15(17-18)16-10-6-12-19-14-8-5-4-7-13(14)2/h4-5,7-9,11H,3,6,10,12H2,1-2H3,(H,16,17). The number of hydrogen-bond donors (Lipinski definition) is 1. The smallest absolute Gasteiger partial charge is 0.147 e. The van der Waals surface area contributed by atoms with E-state index in [4.69, 9.17) is 4.74 Å². The molecule has 102 valence electrons. The van der Waals surface area contributed by atoms with Crippen LogP contribution in [0, 0.1) is 6.92 Å². The van der Waals surface area contributed by atoms with Crippen LogP contribution >= 0.6 is 0 Å². The lowest BCUT2D eigenvalue weighted by molar-refractivity contribution is 0.313. The molecule has 0 aliphatic heterocycles. The summed E-state index contributed by atoms with van der Waals surface area (Å²) in [6.45, 7) is 6.62. The number of anilines is 1. The highest BCUT2D eigenvalue weighted by molar-refractivity contribution is 5.32. The molecule has 2 rings (SSSR count). The van der Waals surface area contributed by atoms with Crippen LogP contribution in [0.4, 0.5) is 5.82 Å². The Morgan fingerprint density at radius 2 is 2.11 bits per heavy atom. The highest BCUT2D eigenvalue weighted by atomic mass is 16.5. The minimum Gasteiger partial charge on any atom is -0.493 e. The van der Waals surface area contributed by atoms with Gasteiger partial charge in [0.15, 0.2) is 0 Å². The molecule has 0 atom stereocenters. The Morgan fingerprint density at radius 3 is 2.84 bits per heavy atom. The summed E-state index contributed by atoms with van der Waals surface area (Å²) in [6.07, 6.45) is 2.93. The minimum atomic E-state index is 0.715. The molecule has 4 heteroatoms. The lowest BCUT2D eigenvalue weighted by Crippen LogP contribution is -2.08. The Balaban J connectivity index is 1.66. The number of aromatic nitrogens is 2. The van der Waals surface area contributed by atoms with Crippen molar-refractivity contribution in [2.75, 3.05) is 18.5 Å². The van der Waals surface area contributed by atoms with Crippen molar-refractivity contribution in [3.63, 3.8) is 0 Å². The predicted octanol–water partition coefficient (Wildman–Crippen LogP) is 3.09. The molecule has 0 aliphatic rings. The third-order valence-corrected chi connectivity index (χ3v) is 2.94. The molecule has 0 saturated carbocycles. The lowest BCUT2D eigenvalue weighted by atomic mass is 10.2. The zero-order chi connectivity index (χ0) is 13.5. The third kappa shape index (κ3) is 4.02. The number of para-hydroxylation sites is 1. The van der Waals surface area contributed by atoms with Crippen molar-refractivity contribution in [3.8, 4) is 5.75 Å². The first-order valence-corrected chi connectivity index (χ1v) is 6.75. The molecule has 4 nitrogen and oxygen atoms in total. The monoisotopic (exact) mass is 259 g/mol. The van der Waals surface area contributed by atoms with Gasteiger partial charge in [0.05, 0.1) is 6.61 Å². The molecule has 0 amide bonds. The van der Waals surface area contributed by atoms with Crippen molar-refractivity contribution < 1.29 is 4.74 Å². The second kappa shape index (κ2) is 6.83. The molecule has 19 heavy (non-hydrogen) atoms. The second-order valence-corrected chi connectivity index (χ2v) is 4.45. The molecule has 0 spiro atoms. The van der Waals surface area contributed by atoms with Gasteiger partial charge >= 0.3 is 0 Å². The Kier molecular flexibility index (Phi) is 4.84. The molecule has 0 bridgehead atoms. The summed E-state index contributed by atoms with van der Waals surface area (Å²) in [4.78, 5) is 0. The molecule has 1 aromatic carbocycles. The summed E-state index contributed by atoms with van der Waals surface area (Å²) < 4.78 is 7.64. The van der Waals surface area contributed by atoms with E-state index >= 15 is 0 Å². The lowest BCUT2D eigenvalue weighted by Gasteiger charge is -2.08. The number of rotatable bonds is 7. The van der Waals surface area contributed by atoms with Gasteiger partial charge in [0, 0.05) is 25.4 Å². The third-order valence-electron chi connectivity index (χ3n) is 2.94. The predicted molar refractivity (Wildman–Crippen MR) is 77.7 cm³/mol. The SMILES string of the molecule is CCn1ccc(NCCCOc2ccccc2C)n1. The first kappa shape index (κ1) is 13.5. The Hall–Kier alpha value is -1.97. The number of ether oxygens (including phenoxy) is 1. The van der Waals surface area contributed by atoms with E-state index < -0.39 is 0 Å². The second-order valence-electron chi connectivity index (χ2n) is 4.45. The van der Waals surface area contributed by atoms with E-state index in [-0.39, 0.29) is 0 Å². The summed E-state index contributed by atoms with van der Waals surface area (Å²) in [5.74, 6) is 1.90. The van der Waals surface area contributed by atoms with E-state index in [9.17, 15) is 0 Å². The highest BCUT2D eigenvalue weighted by Gasteiger charge is 1.98. The van der Waals surface area contributed by atoms with E-state index in [1.807, 2.05) is 35.1 Å². The molecule has 1 heterocycles. The van der Waals surface area contributed by atoms with Crippen molar-refractivity contribution in [2.45, 2.75) is 26.8 Å². The van der Waals surface area contributed by atoms with Crippen LogP contribution in [0.3, 0.4) is 0 Å². The summed E-state index contributed by atoms with van der Waals surface area (Å²) in [6, 6.07) is 10.1. The van der Waals surface area contributed by atoms with E-state index in [2.05, 4.69) is 30.3 Å². The van der Waals surface area contributed by atoms with Crippen LogP contribution in [0.15, 0.2) is 36.5 Å². The average molecular weight is 259 g/mol. The van der Waals surface area contributed by atoms with Crippen molar-refractivity contribution in [3.05, 3.63) is 42.1 Å². The fourth-order valence-electron chi connectivity index (χ4n) is 1.82. The van der Waals surface area contributed by atoms with Gasteiger partial charge in [-0.05, 0) is 31.9 Å². The van der Waals surface area contributed by atoms with Gasteiger partial charge in [-0.15, -0.1) is 0 Å². The van der Waals surface area contributed by atoms with Gasteiger partial charge in [-0.25, -0.2) is 0 Å². The summed E-state index contributed by atoms with van der Waals surface area (Å²) in [5, 5.41) is 7.65. The molecule has 0 unspecified atom stereocenters. The highest BCUT2D eigenvalue weighted by Crippen LogP contribution is 2.16. The molecule has 2 aromatic rings. The molecule has 0 aliphatic carbocycles. The quantitative estimate of drug-likeness (QED) is 0.777. The van der Waals surface area contributed by atoms with Crippen LogP contribution in [0.2, 0.25) is 0 Å². The average Bonchev–Trinajstić information content (AvgIpc) is 2.88. The molecule has 1 aromatic heterocycles. The molecule has 0 fully saturated rings. The fraction of sp³-hybridized carbons (Fsp3) is 0.400. The topological polar surface area (TPSA) is 39.1 Å². The first-order chi connectivity index (χ1) is 9.29. The van der Waals surface area contributed by atoms with Gasteiger partial charge in [0.25, 0.3) is 0 Å². The molecule has 0 radical (unpaired) electrons. The van der Waals surface area contributed by atoms with Gasteiger partial charge in [-0.3, -0.25) is 4.68 Å². The fourth-order valence-corrected chi connectivity index (χ4v) is 1.82. The Labute approximate surface area is 114 Å². The number of aryl methyl sites for hydroxylation is 2. The van der Waals surface area contributed by atoms with E-state index in [0.717, 1.165) is 31.1 Å². The van der Waals surface area contributed by atoms with Crippen molar-refractivity contribution in [1.82, 2.24) is 9.78 Å². The number of hydrogen-bond acceptors (Lipinski definition) is 3. The van der Waals surface area contributed by atoms with Crippen LogP contribution in [0.5, 0.6) is 5.75 Å². The van der Waals surface area contributed by atoms with Gasteiger partial charge in [0.1, 0.15) is 11.6 Å². The Bertz CT molecular complexity index is 508. The van der Waals surface area contributed by atoms with Crippen molar-refractivity contribution in [1.29, 1.82) is 0 Å². The summed E-state index contributed by atoms with van der Waals surface area (Å²) in [7, 11) is 0. The van der Waals surface area contributed by atoms with Crippen LogP contribution < -0.4 is 10.1 Å². The number of benzene rings is 1. The van der Waals surface area contributed by atoms with Crippen LogP contribution in [-0.4, -0.2) is 22.9 Å². The van der Waals surface area contributed by atoms with Gasteiger partial charge in [-0.1, -0.05) is 18.2 Å². The van der Waals surface area contributed by atoms with E-state index in [1.54, 1.807) is 0 Å². The first-order valence-electron chi connectivity index (χ1n) is 6.75. The molecular formula is C15H21N3O. The van der Waals surface area contributed by atoms with Crippen molar-refractivity contribution in [2.24, 2.45) is 0 Å². The van der Waals surface area contributed by atoms with Crippen LogP contribution in [0.1, 0.15) is 18.9 Å². The molecule has 0 saturated heterocycles. The zero-order valence-electron chi connectivity index (χ0n) is 11.6. The van der Waals surface area contributed by atoms with Gasteiger partial charge in [0.2, 0.25) is 0 Å². The maximum absolute atomic E-state index is 5.74.